The molecule has 0 saturated carbocycles. The normalized spacial score (nSPS) is 12.1. The van der Waals surface area contributed by atoms with Crippen LogP contribution in [-0.2, 0) is 11.3 Å². The maximum atomic E-state index is 13.9. The first-order valence-corrected chi connectivity index (χ1v) is 11.2. The number of rotatable bonds is 6. The summed E-state index contributed by atoms with van der Waals surface area (Å²) < 4.78 is 18.6. The highest BCUT2D eigenvalue weighted by Gasteiger charge is 2.25. The van der Waals surface area contributed by atoms with Crippen LogP contribution < -0.4 is 10.9 Å². The van der Waals surface area contributed by atoms with Crippen LogP contribution in [0.4, 0.5) is 4.39 Å². The number of carbonyl (C=O) groups excluding carboxylic acids is 1. The summed E-state index contributed by atoms with van der Waals surface area (Å²) in [6.07, 6.45) is 3.67. The Morgan fingerprint density at radius 2 is 1.69 bits per heavy atom. The Kier molecular flexibility index (Phi) is 5.74. The lowest BCUT2D eigenvalue weighted by atomic mass is 10.2. The van der Waals surface area contributed by atoms with Gasteiger partial charge in [-0.3, -0.25) is 9.59 Å². The summed E-state index contributed by atoms with van der Waals surface area (Å²) in [5, 5.41) is 12.2. The largest absolute Gasteiger partial charge is 0.350 e. The van der Waals surface area contributed by atoms with Crippen molar-refractivity contribution in [2.24, 2.45) is 0 Å². The van der Waals surface area contributed by atoms with E-state index in [0.29, 0.717) is 28.0 Å². The third-order valence-corrected chi connectivity index (χ3v) is 5.89. The number of halogens is 1. The van der Waals surface area contributed by atoms with Gasteiger partial charge in [0.05, 0.1) is 11.4 Å². The van der Waals surface area contributed by atoms with Gasteiger partial charge < -0.3 is 9.88 Å². The first kappa shape index (κ1) is 22.3. The third kappa shape index (κ3) is 4.01. The SMILES string of the molecule is Cc1nn(C(C)C(=O)NCc2ccccc2F)c(=O)c2c(-n3cccc3)n(-c3ccccc3)nc12. The molecule has 176 valence electrons. The highest BCUT2D eigenvalue weighted by atomic mass is 19.1. The number of aromatic nitrogens is 5. The molecule has 0 bridgehead atoms. The van der Waals surface area contributed by atoms with E-state index in [9.17, 15) is 14.0 Å². The molecule has 0 aliphatic heterocycles. The number of carbonyl (C=O) groups is 1. The zero-order valence-electron chi connectivity index (χ0n) is 19.2. The number of aryl methyl sites for hydroxylation is 1. The van der Waals surface area contributed by atoms with E-state index >= 15 is 0 Å². The molecule has 0 aliphatic rings. The van der Waals surface area contributed by atoms with E-state index in [1.165, 1.54) is 10.7 Å². The molecule has 3 aromatic heterocycles. The minimum absolute atomic E-state index is 0.00633. The molecule has 2 aromatic carbocycles. The highest BCUT2D eigenvalue weighted by Crippen LogP contribution is 2.25. The monoisotopic (exact) mass is 470 g/mol. The van der Waals surface area contributed by atoms with Crippen LogP contribution >= 0.6 is 0 Å². The second kappa shape index (κ2) is 9.02. The van der Waals surface area contributed by atoms with Crippen molar-refractivity contribution in [3.63, 3.8) is 0 Å². The molecular weight excluding hydrogens is 447 g/mol. The molecule has 0 fully saturated rings. The standard InChI is InChI=1S/C26H23FN6O2/c1-17-23-22(25(31-14-8-9-15-31)33(30-23)20-11-4-3-5-12-20)26(35)32(29-17)18(2)24(34)28-16-19-10-6-7-13-21(19)27/h3-15,18H,16H2,1-2H3,(H,28,34). The fourth-order valence-corrected chi connectivity index (χ4v) is 4.04. The van der Waals surface area contributed by atoms with Gasteiger partial charge in [0.15, 0.2) is 5.82 Å². The smallest absolute Gasteiger partial charge is 0.280 e. The molecule has 9 heteroatoms. The van der Waals surface area contributed by atoms with Crippen LogP contribution in [0.15, 0.2) is 83.9 Å². The van der Waals surface area contributed by atoms with Crippen LogP contribution in [0.3, 0.4) is 0 Å². The van der Waals surface area contributed by atoms with Crippen LogP contribution in [0, 0.1) is 12.7 Å². The molecule has 0 aliphatic carbocycles. The average Bonchev–Trinajstić information content (AvgIpc) is 3.54. The number of nitrogens with one attached hydrogen (secondary N) is 1. The van der Waals surface area contributed by atoms with Crippen LogP contribution in [0.5, 0.6) is 0 Å². The van der Waals surface area contributed by atoms with E-state index < -0.39 is 23.3 Å². The predicted octanol–water partition coefficient (Wildman–Crippen LogP) is 3.70. The molecule has 35 heavy (non-hydrogen) atoms. The third-order valence-electron chi connectivity index (χ3n) is 5.89. The van der Waals surface area contributed by atoms with Gasteiger partial charge in [-0.05, 0) is 44.2 Å². The molecule has 0 spiro atoms. The number of amides is 1. The maximum absolute atomic E-state index is 13.9. The Labute approximate surface area is 200 Å². The van der Waals surface area contributed by atoms with E-state index in [1.807, 2.05) is 59.4 Å². The Hall–Kier alpha value is -4.53. The fourth-order valence-electron chi connectivity index (χ4n) is 4.04. The number of nitrogens with zero attached hydrogens (tertiary/aromatic N) is 5. The van der Waals surface area contributed by atoms with Crippen LogP contribution in [0.25, 0.3) is 22.4 Å². The number of hydrogen-bond donors (Lipinski definition) is 1. The molecule has 1 unspecified atom stereocenters. The molecule has 1 amide bonds. The van der Waals surface area contributed by atoms with Crippen molar-refractivity contribution in [2.75, 3.05) is 0 Å². The van der Waals surface area contributed by atoms with Crippen molar-refractivity contribution < 1.29 is 9.18 Å². The molecule has 5 aromatic rings. The second-order valence-corrected chi connectivity index (χ2v) is 8.21. The van der Waals surface area contributed by atoms with Crippen molar-refractivity contribution in [1.29, 1.82) is 0 Å². The lowest BCUT2D eigenvalue weighted by molar-refractivity contribution is -0.124. The van der Waals surface area contributed by atoms with Gasteiger partial charge in [0.2, 0.25) is 5.91 Å². The predicted molar refractivity (Wildman–Crippen MR) is 130 cm³/mol. The summed E-state index contributed by atoms with van der Waals surface area (Å²) in [4.78, 5) is 26.6. The molecule has 8 nitrogen and oxygen atoms in total. The Morgan fingerprint density at radius 3 is 2.40 bits per heavy atom. The summed E-state index contributed by atoms with van der Waals surface area (Å²) in [5.74, 6) is -0.295. The lowest BCUT2D eigenvalue weighted by Gasteiger charge is -2.15. The van der Waals surface area contributed by atoms with Crippen LogP contribution in [0.2, 0.25) is 0 Å². The first-order chi connectivity index (χ1) is 17.0. The summed E-state index contributed by atoms with van der Waals surface area (Å²) in [7, 11) is 0. The van der Waals surface area contributed by atoms with Crippen molar-refractivity contribution in [2.45, 2.75) is 26.4 Å². The summed E-state index contributed by atoms with van der Waals surface area (Å²) >= 11 is 0. The molecular formula is C26H23FN6O2. The topological polar surface area (TPSA) is 86.7 Å². The van der Waals surface area contributed by atoms with Gasteiger partial charge in [0.25, 0.3) is 5.56 Å². The van der Waals surface area contributed by atoms with Crippen LogP contribution in [-0.4, -0.2) is 30.0 Å². The van der Waals surface area contributed by atoms with Gasteiger partial charge in [0, 0.05) is 24.5 Å². The van der Waals surface area contributed by atoms with Gasteiger partial charge in [-0.1, -0.05) is 36.4 Å². The van der Waals surface area contributed by atoms with E-state index in [1.54, 1.807) is 36.7 Å². The zero-order chi connectivity index (χ0) is 24.5. The maximum Gasteiger partial charge on any atom is 0.280 e. The van der Waals surface area contributed by atoms with E-state index in [-0.39, 0.29) is 6.54 Å². The Bertz CT molecular complexity index is 1570. The zero-order valence-corrected chi connectivity index (χ0v) is 19.2. The number of fused-ring (bicyclic) bond motifs is 1. The highest BCUT2D eigenvalue weighted by molar-refractivity contribution is 5.88. The quantitative estimate of drug-likeness (QED) is 0.410. The number of hydrogen-bond acceptors (Lipinski definition) is 4. The van der Waals surface area contributed by atoms with Gasteiger partial charge in [-0.2, -0.15) is 10.2 Å². The molecule has 0 radical (unpaired) electrons. The number of benzene rings is 2. The Morgan fingerprint density at radius 1 is 1.00 bits per heavy atom. The van der Waals surface area contributed by atoms with E-state index in [0.717, 1.165) is 5.69 Å². The van der Waals surface area contributed by atoms with Crippen molar-refractivity contribution in [1.82, 2.24) is 29.4 Å². The summed E-state index contributed by atoms with van der Waals surface area (Å²) in [5.41, 5.74) is 1.67. The molecule has 5 rings (SSSR count). The lowest BCUT2D eigenvalue weighted by Crippen LogP contribution is -2.37. The number of para-hydroxylation sites is 1. The fraction of sp³-hybridized carbons (Fsp3) is 0.154. The summed E-state index contributed by atoms with van der Waals surface area (Å²) in [6.45, 7) is 3.35. The minimum atomic E-state index is -0.921. The van der Waals surface area contributed by atoms with Gasteiger partial charge >= 0.3 is 0 Å². The van der Waals surface area contributed by atoms with Crippen molar-refractivity contribution >= 4 is 16.8 Å². The molecule has 1 atom stereocenters. The minimum Gasteiger partial charge on any atom is -0.350 e. The van der Waals surface area contributed by atoms with Gasteiger partial charge in [-0.15, -0.1) is 0 Å². The van der Waals surface area contributed by atoms with Crippen molar-refractivity contribution in [3.05, 3.63) is 107 Å². The van der Waals surface area contributed by atoms with E-state index in [2.05, 4.69) is 10.4 Å². The first-order valence-electron chi connectivity index (χ1n) is 11.2. The van der Waals surface area contributed by atoms with E-state index in [4.69, 9.17) is 5.10 Å². The molecule has 1 N–H and O–H groups in total. The van der Waals surface area contributed by atoms with Gasteiger partial charge in [0.1, 0.15) is 22.8 Å². The molecule has 0 saturated heterocycles. The molecule has 3 heterocycles. The summed E-state index contributed by atoms with van der Waals surface area (Å²) in [6, 6.07) is 18.5. The average molecular weight is 471 g/mol. The van der Waals surface area contributed by atoms with Crippen LogP contribution in [0.1, 0.15) is 24.2 Å². The Balaban J connectivity index is 1.59. The second-order valence-electron chi connectivity index (χ2n) is 8.21. The van der Waals surface area contributed by atoms with Gasteiger partial charge in [-0.25, -0.2) is 13.8 Å². The van der Waals surface area contributed by atoms with Crippen molar-refractivity contribution in [3.8, 4) is 11.5 Å².